The second kappa shape index (κ2) is 4.85. The molecule has 0 aromatic rings. The Morgan fingerprint density at radius 3 is 2.56 bits per heavy atom. The fourth-order valence-electron chi connectivity index (χ4n) is 3.17. The average Bonchev–Trinajstić information content (AvgIpc) is 2.27. The molecule has 2 unspecified atom stereocenters. The molecule has 90 valence electrons. The minimum absolute atomic E-state index is 0.191. The lowest BCUT2D eigenvalue weighted by Crippen LogP contribution is -2.50. The first-order valence-electron chi connectivity index (χ1n) is 6.20. The zero-order valence-electron chi connectivity index (χ0n) is 9.52. The lowest BCUT2D eigenvalue weighted by Gasteiger charge is -2.44. The molecule has 4 nitrogen and oxygen atoms in total. The molecule has 1 N–H and O–H groups in total. The Hall–Kier alpha value is -1.06. The summed E-state index contributed by atoms with van der Waals surface area (Å²) in [6, 6.07) is 0.328. The summed E-state index contributed by atoms with van der Waals surface area (Å²) in [7, 11) is 0. The van der Waals surface area contributed by atoms with E-state index in [-0.39, 0.29) is 12.3 Å². The Bertz CT molecular complexity index is 288. The molecule has 0 spiro atoms. The number of hydrogen-bond acceptors (Lipinski definition) is 2. The maximum Gasteiger partial charge on any atom is 0.312 e. The number of nitrogens with zero attached hydrogens (tertiary/aromatic N) is 1. The molecule has 1 saturated carbocycles. The number of rotatable bonds is 2. The molecule has 1 aliphatic carbocycles. The average molecular weight is 225 g/mol. The highest BCUT2D eigenvalue weighted by molar-refractivity contribution is 5.93. The SMILES string of the molecule is O=C(O)CC(=O)N1CCCC2CCCCC21. The van der Waals surface area contributed by atoms with Gasteiger partial charge in [0.15, 0.2) is 0 Å². The molecule has 0 aromatic carbocycles. The largest absolute Gasteiger partial charge is 0.481 e. The summed E-state index contributed by atoms with van der Waals surface area (Å²) >= 11 is 0. The zero-order chi connectivity index (χ0) is 11.5. The summed E-state index contributed by atoms with van der Waals surface area (Å²) in [5, 5.41) is 8.66. The first-order chi connectivity index (χ1) is 7.68. The lowest BCUT2D eigenvalue weighted by atomic mass is 9.78. The first-order valence-corrected chi connectivity index (χ1v) is 6.20. The minimum atomic E-state index is -1.01. The van der Waals surface area contributed by atoms with Gasteiger partial charge in [-0.1, -0.05) is 12.8 Å². The van der Waals surface area contributed by atoms with Crippen LogP contribution in [0, 0.1) is 5.92 Å². The van der Waals surface area contributed by atoms with Gasteiger partial charge in [0.2, 0.25) is 5.91 Å². The van der Waals surface area contributed by atoms with Crippen molar-refractivity contribution in [3.8, 4) is 0 Å². The van der Waals surface area contributed by atoms with Gasteiger partial charge in [-0.25, -0.2) is 0 Å². The van der Waals surface area contributed by atoms with E-state index in [0.29, 0.717) is 12.0 Å². The molecule has 2 atom stereocenters. The number of fused-ring (bicyclic) bond motifs is 1. The molecule has 4 heteroatoms. The quantitative estimate of drug-likeness (QED) is 0.727. The number of likely N-dealkylation sites (tertiary alicyclic amines) is 1. The van der Waals surface area contributed by atoms with Crippen LogP contribution >= 0.6 is 0 Å². The van der Waals surface area contributed by atoms with E-state index in [1.54, 1.807) is 0 Å². The van der Waals surface area contributed by atoms with Gasteiger partial charge in [0, 0.05) is 12.6 Å². The highest BCUT2D eigenvalue weighted by Gasteiger charge is 2.35. The smallest absolute Gasteiger partial charge is 0.312 e. The van der Waals surface area contributed by atoms with Crippen LogP contribution in [0.15, 0.2) is 0 Å². The maximum absolute atomic E-state index is 11.8. The summed E-state index contributed by atoms with van der Waals surface area (Å²) < 4.78 is 0. The highest BCUT2D eigenvalue weighted by Crippen LogP contribution is 2.35. The fraction of sp³-hybridized carbons (Fsp3) is 0.833. The summed E-state index contributed by atoms with van der Waals surface area (Å²) in [6.07, 6.45) is 6.62. The van der Waals surface area contributed by atoms with Crippen molar-refractivity contribution in [1.82, 2.24) is 4.90 Å². The number of hydrogen-bond donors (Lipinski definition) is 1. The van der Waals surface area contributed by atoms with Crippen molar-refractivity contribution < 1.29 is 14.7 Å². The molecule has 1 heterocycles. The van der Waals surface area contributed by atoms with Gasteiger partial charge in [-0.15, -0.1) is 0 Å². The molecule has 2 rings (SSSR count). The number of carbonyl (C=O) groups is 2. The summed E-state index contributed by atoms with van der Waals surface area (Å²) in [6.45, 7) is 0.757. The van der Waals surface area contributed by atoms with Crippen molar-refractivity contribution in [2.75, 3.05) is 6.54 Å². The van der Waals surface area contributed by atoms with Crippen molar-refractivity contribution in [3.05, 3.63) is 0 Å². The van der Waals surface area contributed by atoms with Gasteiger partial charge in [0.25, 0.3) is 0 Å². The summed E-state index contributed by atoms with van der Waals surface area (Å²) in [5.41, 5.74) is 0. The van der Waals surface area contributed by atoms with Gasteiger partial charge in [-0.2, -0.15) is 0 Å². The second-order valence-corrected chi connectivity index (χ2v) is 4.91. The maximum atomic E-state index is 11.8. The molecule has 2 fully saturated rings. The molecular formula is C12H19NO3. The van der Waals surface area contributed by atoms with E-state index in [4.69, 9.17) is 5.11 Å². The van der Waals surface area contributed by atoms with Gasteiger partial charge in [-0.3, -0.25) is 9.59 Å². The Kier molecular flexibility index (Phi) is 3.46. The van der Waals surface area contributed by atoms with E-state index in [9.17, 15) is 9.59 Å². The molecule has 0 radical (unpaired) electrons. The van der Waals surface area contributed by atoms with Crippen LogP contribution in [0.4, 0.5) is 0 Å². The predicted molar refractivity (Wildman–Crippen MR) is 58.9 cm³/mol. The normalized spacial score (nSPS) is 29.6. The number of carbonyl (C=O) groups excluding carboxylic acids is 1. The van der Waals surface area contributed by atoms with Gasteiger partial charge < -0.3 is 10.0 Å². The van der Waals surface area contributed by atoms with Crippen LogP contribution in [-0.2, 0) is 9.59 Å². The van der Waals surface area contributed by atoms with Crippen molar-refractivity contribution in [3.63, 3.8) is 0 Å². The summed E-state index contributed by atoms with van der Waals surface area (Å²) in [4.78, 5) is 24.2. The Labute approximate surface area is 95.6 Å². The molecule has 0 bridgehead atoms. The van der Waals surface area contributed by atoms with E-state index in [2.05, 4.69) is 0 Å². The zero-order valence-corrected chi connectivity index (χ0v) is 9.52. The van der Waals surface area contributed by atoms with Crippen LogP contribution in [0.25, 0.3) is 0 Å². The third kappa shape index (κ3) is 2.36. The van der Waals surface area contributed by atoms with Gasteiger partial charge >= 0.3 is 5.97 Å². The number of amides is 1. The topological polar surface area (TPSA) is 57.6 Å². The van der Waals surface area contributed by atoms with E-state index < -0.39 is 5.97 Å². The molecule has 2 aliphatic rings. The van der Waals surface area contributed by atoms with Crippen LogP contribution in [0.5, 0.6) is 0 Å². The predicted octanol–water partition coefficient (Wildman–Crippen LogP) is 1.64. The van der Waals surface area contributed by atoms with Crippen LogP contribution in [-0.4, -0.2) is 34.5 Å². The van der Waals surface area contributed by atoms with Crippen molar-refractivity contribution >= 4 is 11.9 Å². The Morgan fingerprint density at radius 1 is 1.12 bits per heavy atom. The van der Waals surface area contributed by atoms with Crippen molar-refractivity contribution in [1.29, 1.82) is 0 Å². The van der Waals surface area contributed by atoms with Crippen molar-refractivity contribution in [2.45, 2.75) is 51.0 Å². The van der Waals surface area contributed by atoms with Crippen LogP contribution < -0.4 is 0 Å². The lowest BCUT2D eigenvalue weighted by molar-refractivity contribution is -0.147. The Balaban J connectivity index is 2.01. The summed E-state index contributed by atoms with van der Waals surface area (Å²) in [5.74, 6) is -0.577. The van der Waals surface area contributed by atoms with E-state index in [0.717, 1.165) is 19.4 Å². The van der Waals surface area contributed by atoms with E-state index >= 15 is 0 Å². The number of carboxylic acids is 1. The molecule has 1 aliphatic heterocycles. The molecule has 0 aromatic heterocycles. The van der Waals surface area contributed by atoms with E-state index in [1.165, 1.54) is 25.7 Å². The van der Waals surface area contributed by atoms with Gasteiger partial charge in [0.1, 0.15) is 6.42 Å². The molecule has 16 heavy (non-hydrogen) atoms. The number of carboxylic acid groups (broad SMARTS) is 1. The Morgan fingerprint density at radius 2 is 1.81 bits per heavy atom. The minimum Gasteiger partial charge on any atom is -0.481 e. The standard InChI is InChI=1S/C12H19NO3/c14-11(8-12(15)16)13-7-3-5-9-4-1-2-6-10(9)13/h9-10H,1-8H2,(H,15,16). The monoisotopic (exact) mass is 225 g/mol. The molecule has 1 saturated heterocycles. The third-order valence-corrected chi connectivity index (χ3v) is 3.87. The van der Waals surface area contributed by atoms with Gasteiger partial charge in [0.05, 0.1) is 0 Å². The fourth-order valence-corrected chi connectivity index (χ4v) is 3.17. The molecular weight excluding hydrogens is 206 g/mol. The van der Waals surface area contributed by atoms with Gasteiger partial charge in [-0.05, 0) is 31.6 Å². The first kappa shape index (κ1) is 11.4. The number of aliphatic carboxylic acids is 1. The second-order valence-electron chi connectivity index (χ2n) is 4.91. The number of piperidine rings is 1. The van der Waals surface area contributed by atoms with E-state index in [1.807, 2.05) is 4.90 Å². The van der Waals surface area contributed by atoms with Crippen LogP contribution in [0.1, 0.15) is 44.9 Å². The highest BCUT2D eigenvalue weighted by atomic mass is 16.4. The third-order valence-electron chi connectivity index (χ3n) is 3.87. The van der Waals surface area contributed by atoms with Crippen LogP contribution in [0.2, 0.25) is 0 Å². The van der Waals surface area contributed by atoms with Crippen molar-refractivity contribution in [2.24, 2.45) is 5.92 Å². The molecule has 1 amide bonds. The van der Waals surface area contributed by atoms with Crippen LogP contribution in [0.3, 0.4) is 0 Å².